The van der Waals surface area contributed by atoms with Crippen molar-refractivity contribution in [1.82, 2.24) is 10.3 Å². The Kier molecular flexibility index (Phi) is 6.41. The van der Waals surface area contributed by atoms with Gasteiger partial charge >= 0.3 is 6.18 Å². The van der Waals surface area contributed by atoms with Crippen molar-refractivity contribution in [2.24, 2.45) is 5.73 Å². The summed E-state index contributed by atoms with van der Waals surface area (Å²) in [7, 11) is 0. The molecular formula is C13H18F3N3O2. The predicted octanol–water partition coefficient (Wildman–Crippen LogP) is 1.77. The Balaban J connectivity index is 2.53. The number of carbonyl (C=O) groups is 1. The van der Waals surface area contributed by atoms with Crippen LogP contribution in [0.15, 0.2) is 18.3 Å². The van der Waals surface area contributed by atoms with Gasteiger partial charge in [0.2, 0.25) is 11.8 Å². The van der Waals surface area contributed by atoms with Gasteiger partial charge in [-0.2, -0.15) is 13.2 Å². The van der Waals surface area contributed by atoms with Crippen LogP contribution in [0.1, 0.15) is 25.3 Å². The van der Waals surface area contributed by atoms with Crippen molar-refractivity contribution < 1.29 is 22.7 Å². The van der Waals surface area contributed by atoms with Crippen LogP contribution in [0, 0.1) is 0 Å². The Bertz CT molecular complexity index is 464. The summed E-state index contributed by atoms with van der Waals surface area (Å²) in [4.78, 5) is 15.3. The lowest BCUT2D eigenvalue weighted by Crippen LogP contribution is -2.26. The minimum atomic E-state index is -4.44. The highest BCUT2D eigenvalue weighted by atomic mass is 19.4. The molecule has 0 fully saturated rings. The molecule has 118 valence electrons. The van der Waals surface area contributed by atoms with E-state index in [1.807, 2.05) is 0 Å². The number of ether oxygens (including phenoxy) is 1. The molecule has 0 aliphatic heterocycles. The first-order valence-corrected chi connectivity index (χ1v) is 6.43. The number of nitrogens with one attached hydrogen (secondary N) is 1. The Morgan fingerprint density at radius 3 is 2.86 bits per heavy atom. The molecule has 1 aromatic rings. The molecule has 1 amide bonds. The van der Waals surface area contributed by atoms with Gasteiger partial charge in [-0.25, -0.2) is 4.98 Å². The van der Waals surface area contributed by atoms with Gasteiger partial charge in [0, 0.05) is 30.8 Å². The molecule has 1 heterocycles. The summed E-state index contributed by atoms with van der Waals surface area (Å²) in [5.41, 5.74) is 5.92. The van der Waals surface area contributed by atoms with E-state index in [2.05, 4.69) is 15.0 Å². The lowest BCUT2D eigenvalue weighted by molar-refractivity contribution is -0.154. The van der Waals surface area contributed by atoms with Gasteiger partial charge in [0.1, 0.15) is 0 Å². The van der Waals surface area contributed by atoms with E-state index < -0.39 is 12.8 Å². The number of rotatable bonds is 7. The van der Waals surface area contributed by atoms with Crippen LogP contribution in [-0.2, 0) is 11.3 Å². The van der Waals surface area contributed by atoms with Gasteiger partial charge in [-0.15, -0.1) is 0 Å². The number of alkyl halides is 3. The molecule has 21 heavy (non-hydrogen) atoms. The van der Waals surface area contributed by atoms with E-state index in [-0.39, 0.29) is 30.8 Å². The normalized spacial score (nSPS) is 12.8. The molecule has 0 radical (unpaired) electrons. The summed E-state index contributed by atoms with van der Waals surface area (Å²) >= 11 is 0. The first kappa shape index (κ1) is 17.2. The number of hydrogen-bond donors (Lipinski definition) is 2. The molecule has 0 saturated carbocycles. The molecule has 1 rings (SSSR count). The molecule has 0 bridgehead atoms. The van der Waals surface area contributed by atoms with Gasteiger partial charge in [0.15, 0.2) is 6.61 Å². The molecule has 3 N–H and O–H groups in total. The molecular weight excluding hydrogens is 287 g/mol. The van der Waals surface area contributed by atoms with Crippen molar-refractivity contribution in [2.45, 2.75) is 38.5 Å². The highest BCUT2D eigenvalue weighted by Gasteiger charge is 2.29. The van der Waals surface area contributed by atoms with Crippen LogP contribution in [0.25, 0.3) is 0 Å². The molecule has 0 aromatic carbocycles. The van der Waals surface area contributed by atoms with Crippen LogP contribution in [0.5, 0.6) is 5.88 Å². The number of nitrogens with zero attached hydrogens (tertiary/aromatic N) is 1. The first-order chi connectivity index (χ1) is 9.78. The summed E-state index contributed by atoms with van der Waals surface area (Å²) in [6.07, 6.45) is -2.31. The first-order valence-electron chi connectivity index (χ1n) is 6.43. The summed E-state index contributed by atoms with van der Waals surface area (Å²) in [5.74, 6) is -0.361. The van der Waals surface area contributed by atoms with Gasteiger partial charge in [0.25, 0.3) is 0 Å². The van der Waals surface area contributed by atoms with E-state index in [1.54, 1.807) is 19.1 Å². The lowest BCUT2D eigenvalue weighted by Gasteiger charge is -2.12. The number of amides is 1. The molecule has 0 aliphatic carbocycles. The van der Waals surface area contributed by atoms with Gasteiger partial charge < -0.3 is 15.8 Å². The van der Waals surface area contributed by atoms with Crippen LogP contribution in [0.4, 0.5) is 13.2 Å². The molecule has 1 atom stereocenters. The van der Waals surface area contributed by atoms with E-state index in [0.717, 1.165) is 0 Å². The zero-order chi connectivity index (χ0) is 15.9. The third-order valence-corrected chi connectivity index (χ3v) is 2.53. The topological polar surface area (TPSA) is 77.2 Å². The Labute approximate surface area is 120 Å². The van der Waals surface area contributed by atoms with Gasteiger partial charge in [-0.1, -0.05) is 6.07 Å². The fraction of sp³-hybridized carbons (Fsp3) is 0.538. The van der Waals surface area contributed by atoms with E-state index >= 15 is 0 Å². The maximum Gasteiger partial charge on any atom is 0.422 e. The Hall–Kier alpha value is -1.83. The van der Waals surface area contributed by atoms with Crippen molar-refractivity contribution in [3.63, 3.8) is 0 Å². The maximum absolute atomic E-state index is 12.1. The molecule has 1 unspecified atom stereocenters. The predicted molar refractivity (Wildman–Crippen MR) is 70.5 cm³/mol. The second kappa shape index (κ2) is 7.82. The summed E-state index contributed by atoms with van der Waals surface area (Å²) < 4.78 is 41.0. The standard InChI is InChI=1S/C13H18F3N3O2/c1-9(17)4-5-11(20)19-7-10-3-2-6-18-12(10)21-8-13(14,15)16/h2-3,6,9H,4-5,7-8,17H2,1H3,(H,19,20). The fourth-order valence-electron chi connectivity index (χ4n) is 1.48. The average molecular weight is 305 g/mol. The second-order valence-corrected chi connectivity index (χ2v) is 4.66. The van der Waals surface area contributed by atoms with Crippen molar-refractivity contribution >= 4 is 5.91 Å². The Morgan fingerprint density at radius 1 is 1.52 bits per heavy atom. The summed E-state index contributed by atoms with van der Waals surface area (Å²) in [6, 6.07) is 3.02. The third-order valence-electron chi connectivity index (χ3n) is 2.53. The minimum Gasteiger partial charge on any atom is -0.468 e. The summed E-state index contributed by atoms with van der Waals surface area (Å²) in [5, 5.41) is 2.60. The number of nitrogens with two attached hydrogens (primary N) is 1. The minimum absolute atomic E-state index is 0.0544. The SMILES string of the molecule is CC(N)CCC(=O)NCc1cccnc1OCC(F)(F)F. The second-order valence-electron chi connectivity index (χ2n) is 4.66. The average Bonchev–Trinajstić information content (AvgIpc) is 2.40. The number of halogens is 3. The molecule has 0 saturated heterocycles. The zero-order valence-electron chi connectivity index (χ0n) is 11.6. The molecule has 0 spiro atoms. The van der Waals surface area contributed by atoms with E-state index in [4.69, 9.17) is 5.73 Å². The van der Waals surface area contributed by atoms with Crippen molar-refractivity contribution in [3.05, 3.63) is 23.9 Å². The maximum atomic E-state index is 12.1. The number of pyridine rings is 1. The van der Waals surface area contributed by atoms with Crippen LogP contribution in [0.2, 0.25) is 0 Å². The zero-order valence-corrected chi connectivity index (χ0v) is 11.6. The number of aromatic nitrogens is 1. The van der Waals surface area contributed by atoms with Crippen LogP contribution in [0.3, 0.4) is 0 Å². The van der Waals surface area contributed by atoms with Crippen molar-refractivity contribution in [3.8, 4) is 5.88 Å². The van der Waals surface area contributed by atoms with Crippen LogP contribution >= 0.6 is 0 Å². The van der Waals surface area contributed by atoms with Crippen molar-refractivity contribution in [2.75, 3.05) is 6.61 Å². The highest BCUT2D eigenvalue weighted by Crippen LogP contribution is 2.19. The van der Waals surface area contributed by atoms with Crippen LogP contribution in [-0.4, -0.2) is 29.7 Å². The van der Waals surface area contributed by atoms with E-state index in [9.17, 15) is 18.0 Å². The highest BCUT2D eigenvalue weighted by molar-refractivity contribution is 5.75. The van der Waals surface area contributed by atoms with Crippen LogP contribution < -0.4 is 15.8 Å². The third kappa shape index (κ3) is 7.50. The quantitative estimate of drug-likeness (QED) is 0.805. The van der Waals surface area contributed by atoms with Gasteiger partial charge in [0.05, 0.1) is 0 Å². The fourth-order valence-corrected chi connectivity index (χ4v) is 1.48. The number of carbonyl (C=O) groups excluding carboxylic acids is 1. The number of hydrogen-bond acceptors (Lipinski definition) is 4. The van der Waals surface area contributed by atoms with E-state index in [1.165, 1.54) is 6.20 Å². The lowest BCUT2D eigenvalue weighted by atomic mass is 10.2. The molecule has 8 heteroatoms. The largest absolute Gasteiger partial charge is 0.468 e. The van der Waals surface area contributed by atoms with Crippen molar-refractivity contribution in [1.29, 1.82) is 0 Å². The smallest absolute Gasteiger partial charge is 0.422 e. The Morgan fingerprint density at radius 2 is 2.24 bits per heavy atom. The molecule has 1 aromatic heterocycles. The van der Waals surface area contributed by atoms with E-state index in [0.29, 0.717) is 12.0 Å². The monoisotopic (exact) mass is 305 g/mol. The summed E-state index contributed by atoms with van der Waals surface area (Å²) in [6.45, 7) is 0.423. The molecule has 0 aliphatic rings. The van der Waals surface area contributed by atoms with Gasteiger partial charge in [-0.05, 0) is 19.4 Å². The van der Waals surface area contributed by atoms with Gasteiger partial charge in [-0.3, -0.25) is 4.79 Å². The molecule has 5 nitrogen and oxygen atoms in total.